The van der Waals surface area contributed by atoms with Gasteiger partial charge in [0.15, 0.2) is 0 Å². The molecule has 0 atom stereocenters. The molecule has 10 heteroatoms. The van der Waals surface area contributed by atoms with Crippen LogP contribution in [0.4, 0.5) is 0 Å². The lowest BCUT2D eigenvalue weighted by Gasteiger charge is -2.40. The van der Waals surface area contributed by atoms with Crippen LogP contribution in [0.25, 0.3) is 0 Å². The fourth-order valence-corrected chi connectivity index (χ4v) is 12.6. The minimum Gasteiger partial charge on any atom is -0.387 e. The number of rotatable bonds is 11. The topological polar surface area (TPSA) is 64.6 Å². The Hall–Kier alpha value is -1.19. The van der Waals surface area contributed by atoms with E-state index in [4.69, 9.17) is 30.4 Å². The maximum Gasteiger partial charge on any atom is 0.670 e. The van der Waals surface area contributed by atoms with Gasteiger partial charge in [-0.2, -0.15) is 0 Å². The Kier molecular flexibility index (Phi) is 8.27. The van der Waals surface area contributed by atoms with E-state index >= 15 is 0 Å². The molecular formula is C18H28O7Si3. The van der Waals surface area contributed by atoms with E-state index < -0.39 is 26.4 Å². The smallest absolute Gasteiger partial charge is 0.387 e. The van der Waals surface area contributed by atoms with Gasteiger partial charge in [-0.05, 0) is 10.4 Å². The first-order chi connectivity index (χ1) is 13.4. The van der Waals surface area contributed by atoms with Crippen LogP contribution in [0.2, 0.25) is 6.55 Å². The monoisotopic (exact) mass is 440 g/mol. The Morgan fingerprint density at radius 3 is 1.25 bits per heavy atom. The van der Waals surface area contributed by atoms with Crippen molar-refractivity contribution in [1.29, 1.82) is 0 Å². The molecular weight excluding hydrogens is 412 g/mol. The van der Waals surface area contributed by atoms with Gasteiger partial charge in [0.05, 0.1) is 0 Å². The van der Waals surface area contributed by atoms with Gasteiger partial charge in [-0.15, -0.1) is 0 Å². The van der Waals surface area contributed by atoms with Crippen molar-refractivity contribution in [2.45, 2.75) is 6.55 Å². The van der Waals surface area contributed by atoms with E-state index in [9.17, 15) is 0 Å². The first-order valence-corrected chi connectivity index (χ1v) is 14.4. The summed E-state index contributed by atoms with van der Waals surface area (Å²) >= 11 is 0. The van der Waals surface area contributed by atoms with Crippen molar-refractivity contribution in [2.24, 2.45) is 0 Å². The van der Waals surface area contributed by atoms with Gasteiger partial charge in [0, 0.05) is 42.1 Å². The van der Waals surface area contributed by atoms with Gasteiger partial charge in [-0.25, -0.2) is 0 Å². The molecule has 0 amide bonds. The van der Waals surface area contributed by atoms with E-state index in [2.05, 4.69) is 0 Å². The fraction of sp³-hybridized carbons (Fsp3) is 0.333. The summed E-state index contributed by atoms with van der Waals surface area (Å²) in [5, 5.41) is 1.72. The summed E-state index contributed by atoms with van der Waals surface area (Å²) in [6.07, 6.45) is 0. The normalized spacial score (nSPS) is 12.9. The van der Waals surface area contributed by atoms with Crippen molar-refractivity contribution < 1.29 is 30.4 Å². The van der Waals surface area contributed by atoms with Crippen LogP contribution in [0.3, 0.4) is 0 Å². The molecule has 0 radical (unpaired) electrons. The van der Waals surface area contributed by atoms with Crippen molar-refractivity contribution in [3.8, 4) is 0 Å². The van der Waals surface area contributed by atoms with Gasteiger partial charge in [0.25, 0.3) is 0 Å². The Bertz CT molecular complexity index is 662. The summed E-state index contributed by atoms with van der Waals surface area (Å²) < 4.78 is 41.3. The standard InChI is InChI=1S/C18H28O7Si3/c1-19-26(6,20-2)24-27(17-13-9-7-10-14-17,18-15-11-8-12-16-18)25-28(21-3,22-4)23-5/h7-16H,1-6H3. The van der Waals surface area contributed by atoms with Gasteiger partial charge in [0.1, 0.15) is 0 Å². The first-order valence-electron chi connectivity index (χ1n) is 8.70. The van der Waals surface area contributed by atoms with Crippen LogP contribution >= 0.6 is 0 Å². The summed E-state index contributed by atoms with van der Waals surface area (Å²) in [4.78, 5) is 0. The van der Waals surface area contributed by atoms with Gasteiger partial charge in [-0.3, -0.25) is 0 Å². The van der Waals surface area contributed by atoms with Crippen LogP contribution in [0.1, 0.15) is 0 Å². The molecule has 0 saturated heterocycles. The zero-order valence-electron chi connectivity index (χ0n) is 17.1. The Balaban J connectivity index is 2.75. The molecule has 2 aromatic carbocycles. The van der Waals surface area contributed by atoms with Crippen LogP contribution in [0.15, 0.2) is 60.7 Å². The molecule has 0 bridgehead atoms. The molecule has 0 aromatic heterocycles. The van der Waals surface area contributed by atoms with E-state index in [1.807, 2.05) is 67.2 Å². The summed E-state index contributed by atoms with van der Waals surface area (Å²) in [5.74, 6) is 0. The third kappa shape index (κ3) is 4.86. The highest BCUT2D eigenvalue weighted by Crippen LogP contribution is 2.23. The molecule has 2 aromatic rings. The van der Waals surface area contributed by atoms with Crippen molar-refractivity contribution >= 4 is 36.8 Å². The third-order valence-corrected chi connectivity index (χ3v) is 14.3. The fourth-order valence-electron chi connectivity index (χ4n) is 2.72. The van der Waals surface area contributed by atoms with Crippen molar-refractivity contribution in [1.82, 2.24) is 0 Å². The molecule has 0 aliphatic heterocycles. The van der Waals surface area contributed by atoms with E-state index in [-0.39, 0.29) is 0 Å². The predicted octanol–water partition coefficient (Wildman–Crippen LogP) is 1.51. The quantitative estimate of drug-likeness (QED) is 0.491. The highest BCUT2D eigenvalue weighted by Gasteiger charge is 2.59. The lowest BCUT2D eigenvalue weighted by molar-refractivity contribution is 0.0392. The second kappa shape index (κ2) is 10.0. The number of hydrogen-bond acceptors (Lipinski definition) is 7. The maximum atomic E-state index is 6.66. The molecule has 0 heterocycles. The van der Waals surface area contributed by atoms with Gasteiger partial charge in [-0.1, -0.05) is 60.7 Å². The molecule has 0 aliphatic rings. The molecule has 2 rings (SSSR count). The highest BCUT2D eigenvalue weighted by molar-refractivity contribution is 6.99. The molecule has 28 heavy (non-hydrogen) atoms. The van der Waals surface area contributed by atoms with Crippen LogP contribution in [0, 0.1) is 0 Å². The zero-order chi connectivity index (χ0) is 20.7. The Morgan fingerprint density at radius 2 is 0.929 bits per heavy atom. The van der Waals surface area contributed by atoms with Gasteiger partial charge < -0.3 is 30.4 Å². The Labute approximate surface area is 170 Å². The molecule has 0 N–H and O–H groups in total. The third-order valence-electron chi connectivity index (χ3n) is 4.40. The zero-order valence-corrected chi connectivity index (χ0v) is 20.1. The summed E-state index contributed by atoms with van der Waals surface area (Å²) in [6, 6.07) is 19.4. The second-order valence-electron chi connectivity index (χ2n) is 5.94. The highest BCUT2D eigenvalue weighted by atomic mass is 28.5. The molecule has 0 unspecified atom stereocenters. The number of hydrogen-bond donors (Lipinski definition) is 0. The van der Waals surface area contributed by atoms with E-state index in [1.54, 1.807) is 14.2 Å². The van der Waals surface area contributed by atoms with Crippen LogP contribution in [-0.4, -0.2) is 62.0 Å². The minimum atomic E-state index is -3.50. The molecule has 0 fully saturated rings. The van der Waals surface area contributed by atoms with Crippen molar-refractivity contribution in [2.75, 3.05) is 35.5 Å². The van der Waals surface area contributed by atoms with Crippen molar-refractivity contribution in [3.63, 3.8) is 0 Å². The minimum absolute atomic E-state index is 0.858. The molecule has 0 aliphatic carbocycles. The lowest BCUT2D eigenvalue weighted by Crippen LogP contribution is -2.73. The molecule has 7 nitrogen and oxygen atoms in total. The average molecular weight is 441 g/mol. The Morgan fingerprint density at radius 1 is 0.536 bits per heavy atom. The molecule has 154 valence electrons. The van der Waals surface area contributed by atoms with E-state index in [0.29, 0.717) is 0 Å². The largest absolute Gasteiger partial charge is 0.670 e. The van der Waals surface area contributed by atoms with E-state index in [0.717, 1.165) is 10.4 Å². The average Bonchev–Trinajstić information content (AvgIpc) is 2.78. The van der Waals surface area contributed by atoms with Crippen LogP contribution < -0.4 is 10.4 Å². The molecule has 0 saturated carbocycles. The van der Waals surface area contributed by atoms with Crippen molar-refractivity contribution in [3.05, 3.63) is 60.7 Å². The van der Waals surface area contributed by atoms with Crippen LogP contribution in [-0.2, 0) is 30.4 Å². The second-order valence-corrected chi connectivity index (χ2v) is 14.7. The SMILES string of the molecule is CO[Si](C)(OC)O[Si](O[Si](OC)(OC)OC)(c1ccccc1)c1ccccc1. The first kappa shape index (κ1) is 23.1. The lowest BCUT2D eigenvalue weighted by atomic mass is 10.4. The molecule has 0 spiro atoms. The van der Waals surface area contributed by atoms with Gasteiger partial charge in [0.2, 0.25) is 0 Å². The van der Waals surface area contributed by atoms with E-state index in [1.165, 1.54) is 21.3 Å². The summed E-state index contributed by atoms with van der Waals surface area (Å²) in [7, 11) is -2.34. The predicted molar refractivity (Wildman–Crippen MR) is 112 cm³/mol. The van der Waals surface area contributed by atoms with Crippen LogP contribution in [0.5, 0.6) is 0 Å². The summed E-state index contributed by atoms with van der Waals surface area (Å²) in [6.45, 7) is 1.82. The van der Waals surface area contributed by atoms with Gasteiger partial charge >= 0.3 is 26.4 Å². The number of benzene rings is 2. The maximum absolute atomic E-state index is 6.66. The summed E-state index contributed by atoms with van der Waals surface area (Å²) in [5.41, 5.74) is 0.